The van der Waals surface area contributed by atoms with E-state index in [2.05, 4.69) is 51.3 Å². The lowest BCUT2D eigenvalue weighted by Crippen LogP contribution is -2.50. The van der Waals surface area contributed by atoms with Crippen molar-refractivity contribution in [3.63, 3.8) is 0 Å². The van der Waals surface area contributed by atoms with Crippen molar-refractivity contribution in [1.29, 1.82) is 0 Å². The second kappa shape index (κ2) is 26.9. The lowest BCUT2D eigenvalue weighted by Gasteiger charge is -2.58. The number of rotatable bonds is 27. The molecule has 9 nitrogen and oxygen atoms in total. The zero-order chi connectivity index (χ0) is 52.0. The minimum atomic E-state index is -0.748. The summed E-state index contributed by atoms with van der Waals surface area (Å²) < 4.78 is 17.0. The summed E-state index contributed by atoms with van der Waals surface area (Å²) in [6.07, 6.45) is 23.1. The van der Waals surface area contributed by atoms with Crippen LogP contribution in [0.25, 0.3) is 0 Å². The van der Waals surface area contributed by atoms with Gasteiger partial charge in [0.1, 0.15) is 5.60 Å². The predicted octanol–water partition coefficient (Wildman–Crippen LogP) is 16.3. The summed E-state index contributed by atoms with van der Waals surface area (Å²) >= 11 is 0. The van der Waals surface area contributed by atoms with Crippen LogP contribution < -0.4 is 10.6 Å². The molecule has 404 valence electrons. The predicted molar refractivity (Wildman–Crippen MR) is 298 cm³/mol. The van der Waals surface area contributed by atoms with Crippen molar-refractivity contribution in [3.8, 4) is 0 Å². The molecule has 0 heterocycles. The molecule has 1 aromatic carbocycles. The van der Waals surface area contributed by atoms with E-state index < -0.39 is 35.2 Å². The van der Waals surface area contributed by atoms with Crippen molar-refractivity contribution >= 4 is 39.7 Å². The van der Waals surface area contributed by atoms with E-state index in [9.17, 15) is 14.4 Å². The number of carbonyl (C=O) groups excluding carboxylic acids is 3. The number of alkyl carbamates (subject to hydrolysis) is 2. The van der Waals surface area contributed by atoms with Gasteiger partial charge in [-0.1, -0.05) is 143 Å². The van der Waals surface area contributed by atoms with Gasteiger partial charge in [0.25, 0.3) is 0 Å². The molecule has 5 rings (SSSR count). The molecule has 0 saturated heterocycles. The molecule has 0 aromatic heterocycles. The molecule has 3 fully saturated rings. The molecule has 0 spiro atoms. The molecule has 4 aliphatic rings. The highest BCUT2D eigenvalue weighted by Gasteiger charge is 2.59. The smallest absolute Gasteiger partial charge is 0.410 e. The van der Waals surface area contributed by atoms with E-state index in [1.807, 2.05) is 112 Å². The summed E-state index contributed by atoms with van der Waals surface area (Å²) in [5.41, 5.74) is 1.90. The maximum atomic E-state index is 14.0. The monoisotopic (exact) mass is 1020 g/mol. The molecule has 0 radical (unpaired) electrons. The fraction of sp³-hybridized carbons (Fsp3) is 0.817. The van der Waals surface area contributed by atoms with E-state index in [0.29, 0.717) is 48.6 Å². The Hall–Kier alpha value is -2.37. The SMILES string of the molecule is CCOC(OC(=O)NC(C)(C)CCCCCCCN(CCC(C)(C)NC(=O)OC(C)(C)C)C(=O)CCSS[C@H]1CC[C@@]2(C)C(=CC[C@H]3[C@@H]4CC[C@H]([C@H](C)CCCC(C)C)[C@@]4(C)CC[C@@H]32)C1)c1ccccc1. The van der Waals surface area contributed by atoms with E-state index in [1.54, 1.807) is 5.57 Å². The van der Waals surface area contributed by atoms with Gasteiger partial charge in [0, 0.05) is 53.8 Å². The number of hydrogen-bond acceptors (Lipinski definition) is 8. The van der Waals surface area contributed by atoms with Crippen LogP contribution in [0.3, 0.4) is 0 Å². The molecule has 0 aliphatic heterocycles. The van der Waals surface area contributed by atoms with Crippen LogP contribution >= 0.6 is 21.6 Å². The number of hydrogen-bond donors (Lipinski definition) is 2. The summed E-state index contributed by atoms with van der Waals surface area (Å²) in [6.45, 7) is 30.0. The van der Waals surface area contributed by atoms with Crippen molar-refractivity contribution in [3.05, 3.63) is 47.5 Å². The number of fused-ring (bicyclic) bond motifs is 5. The number of carbonyl (C=O) groups is 3. The highest BCUT2D eigenvalue weighted by atomic mass is 33.1. The Kier molecular flexibility index (Phi) is 22.6. The van der Waals surface area contributed by atoms with E-state index in [4.69, 9.17) is 14.2 Å². The molecule has 71 heavy (non-hydrogen) atoms. The Labute approximate surface area is 441 Å². The topological polar surface area (TPSA) is 106 Å². The third kappa shape index (κ3) is 17.9. The molecule has 1 unspecified atom stereocenters. The Bertz CT molecular complexity index is 1850. The van der Waals surface area contributed by atoms with Gasteiger partial charge in [-0.25, -0.2) is 9.59 Å². The number of amides is 3. The minimum absolute atomic E-state index is 0.199. The van der Waals surface area contributed by atoms with E-state index in [-0.39, 0.29) is 5.91 Å². The lowest BCUT2D eigenvalue weighted by molar-refractivity contribution is -0.131. The molecule has 11 heteroatoms. The zero-order valence-electron chi connectivity index (χ0n) is 47.1. The molecular formula is C60H101N3O6S2. The molecule has 2 N–H and O–H groups in total. The van der Waals surface area contributed by atoms with Gasteiger partial charge < -0.3 is 29.7 Å². The Morgan fingerprint density at radius 3 is 2.18 bits per heavy atom. The summed E-state index contributed by atoms with van der Waals surface area (Å²) in [5.74, 6) is 6.18. The first-order chi connectivity index (χ1) is 33.4. The van der Waals surface area contributed by atoms with Gasteiger partial charge in [-0.2, -0.15) is 0 Å². The van der Waals surface area contributed by atoms with Gasteiger partial charge >= 0.3 is 12.2 Å². The Morgan fingerprint density at radius 2 is 1.48 bits per heavy atom. The maximum Gasteiger partial charge on any atom is 0.410 e. The van der Waals surface area contributed by atoms with Gasteiger partial charge in [-0.3, -0.25) is 4.79 Å². The Morgan fingerprint density at radius 1 is 0.789 bits per heavy atom. The largest absolute Gasteiger partial charge is 0.444 e. The van der Waals surface area contributed by atoms with Gasteiger partial charge in [0.15, 0.2) is 0 Å². The summed E-state index contributed by atoms with van der Waals surface area (Å²) in [4.78, 5) is 41.6. The molecule has 9 atom stereocenters. The number of nitrogens with one attached hydrogen (secondary N) is 2. The molecule has 3 saturated carbocycles. The van der Waals surface area contributed by atoms with Crippen LogP contribution in [0.4, 0.5) is 9.59 Å². The van der Waals surface area contributed by atoms with Crippen LogP contribution in [-0.2, 0) is 19.0 Å². The van der Waals surface area contributed by atoms with Crippen molar-refractivity contribution in [1.82, 2.24) is 15.5 Å². The third-order valence-electron chi connectivity index (χ3n) is 17.3. The number of ether oxygens (including phenoxy) is 3. The van der Waals surface area contributed by atoms with Crippen LogP contribution in [0, 0.1) is 46.3 Å². The second-order valence-electron chi connectivity index (χ2n) is 25.6. The fourth-order valence-electron chi connectivity index (χ4n) is 13.4. The Balaban J connectivity index is 1.06. The van der Waals surface area contributed by atoms with Gasteiger partial charge in [0.05, 0.1) is 0 Å². The van der Waals surface area contributed by atoms with Crippen LogP contribution in [0.5, 0.6) is 0 Å². The summed E-state index contributed by atoms with van der Waals surface area (Å²) in [5, 5.41) is 6.70. The van der Waals surface area contributed by atoms with Gasteiger partial charge in [-0.05, 0) is 172 Å². The van der Waals surface area contributed by atoms with E-state index >= 15 is 0 Å². The average Bonchev–Trinajstić information content (AvgIpc) is 3.64. The van der Waals surface area contributed by atoms with Crippen LogP contribution in [-0.4, -0.2) is 70.4 Å². The first-order valence-corrected chi connectivity index (χ1v) is 30.8. The summed E-state index contributed by atoms with van der Waals surface area (Å²) in [7, 11) is 3.94. The van der Waals surface area contributed by atoms with Crippen molar-refractivity contribution < 1.29 is 28.6 Å². The molecule has 0 bridgehead atoms. The number of nitrogens with zero attached hydrogens (tertiary/aromatic N) is 1. The van der Waals surface area contributed by atoms with Crippen LogP contribution in [0.2, 0.25) is 0 Å². The standard InChI is InChI=1S/C60H101N3O6S2/c1-14-67-53(45-26-19-18-20-27-45)68-54(65)61-57(8,9)35-21-16-15-17-22-39-63(40-38-58(10,11)62-55(66)69-56(5,6)7)52(64)34-41-70-71-47-32-36-59(12)46(42-47)28-29-48-50-31-30-49(44(4)25-23-24-43(2)3)60(50,13)37-33-51(48)59/h18-20,26-28,43-44,47-51,53H,14-17,21-25,29-42H2,1-13H3,(H,61,65)(H,62,66)/t44-,47+,48+,49-,50+,51+,53?,59+,60-/m1/s1. The maximum absolute atomic E-state index is 14.0. The van der Waals surface area contributed by atoms with E-state index in [0.717, 1.165) is 85.3 Å². The van der Waals surface area contributed by atoms with Gasteiger partial charge in [-0.15, -0.1) is 0 Å². The highest BCUT2D eigenvalue weighted by molar-refractivity contribution is 8.76. The fourth-order valence-corrected chi connectivity index (χ4v) is 16.0. The first-order valence-electron chi connectivity index (χ1n) is 28.4. The number of allylic oxidation sites excluding steroid dienone is 2. The van der Waals surface area contributed by atoms with Crippen molar-refractivity contribution in [2.75, 3.05) is 25.4 Å². The van der Waals surface area contributed by atoms with Gasteiger partial charge in [0.2, 0.25) is 12.2 Å². The number of benzene rings is 1. The number of unbranched alkanes of at least 4 members (excludes halogenated alkanes) is 4. The molecule has 4 aliphatic carbocycles. The third-order valence-corrected chi connectivity index (χ3v) is 20.2. The zero-order valence-corrected chi connectivity index (χ0v) is 48.7. The quantitative estimate of drug-likeness (QED) is 0.0389. The lowest BCUT2D eigenvalue weighted by atomic mass is 9.47. The van der Waals surface area contributed by atoms with Crippen LogP contribution in [0.15, 0.2) is 42.0 Å². The second-order valence-corrected chi connectivity index (χ2v) is 28.4. The van der Waals surface area contributed by atoms with Crippen molar-refractivity contribution in [2.45, 2.75) is 240 Å². The van der Waals surface area contributed by atoms with Crippen molar-refractivity contribution in [2.24, 2.45) is 46.3 Å². The molecule has 3 amide bonds. The highest BCUT2D eigenvalue weighted by Crippen LogP contribution is 2.68. The minimum Gasteiger partial charge on any atom is -0.444 e. The average molecular weight is 1020 g/mol. The molecule has 1 aromatic rings. The van der Waals surface area contributed by atoms with E-state index in [1.165, 1.54) is 70.6 Å². The normalized spacial score (nSPS) is 26.3. The molecular weight excluding hydrogens is 923 g/mol. The first kappa shape index (κ1) is 59.5. The van der Waals surface area contributed by atoms with Crippen LogP contribution in [0.1, 0.15) is 224 Å². The summed E-state index contributed by atoms with van der Waals surface area (Å²) in [6, 6.07) is 9.53.